The van der Waals surface area contributed by atoms with Crippen molar-refractivity contribution < 1.29 is 13.3 Å². The van der Waals surface area contributed by atoms with Gasteiger partial charge in [-0.15, -0.1) is 0 Å². The van der Waals surface area contributed by atoms with Gasteiger partial charge in [-0.25, -0.2) is 8.42 Å². The van der Waals surface area contributed by atoms with Crippen LogP contribution in [0.25, 0.3) is 0 Å². The lowest BCUT2D eigenvalue weighted by molar-refractivity contribution is -0.385. The summed E-state index contributed by atoms with van der Waals surface area (Å²) in [7, 11) is -3.72. The van der Waals surface area contributed by atoms with E-state index < -0.39 is 14.9 Å². The highest BCUT2D eigenvalue weighted by atomic mass is 32.2. The second kappa shape index (κ2) is 7.75. The summed E-state index contributed by atoms with van der Waals surface area (Å²) in [5.74, 6) is 0. The maximum absolute atomic E-state index is 12.8. The van der Waals surface area contributed by atoms with Gasteiger partial charge in [0, 0.05) is 44.9 Å². The Hall–Kier alpha value is -2.29. The molecule has 7 nitrogen and oxygen atoms in total. The maximum atomic E-state index is 12.8. The second-order valence-corrected chi connectivity index (χ2v) is 8.79. The third-order valence-electron chi connectivity index (χ3n) is 4.97. The summed E-state index contributed by atoms with van der Waals surface area (Å²) in [5, 5.41) is 10.9. The molecule has 2 aromatic rings. The minimum Gasteiger partial charge on any atom is -0.296 e. The highest BCUT2D eigenvalue weighted by Crippen LogP contribution is 2.22. The molecule has 1 aliphatic rings. The van der Waals surface area contributed by atoms with Crippen LogP contribution in [0.2, 0.25) is 0 Å². The van der Waals surface area contributed by atoms with Crippen molar-refractivity contribution in [2.24, 2.45) is 0 Å². The van der Waals surface area contributed by atoms with E-state index in [1.165, 1.54) is 39.2 Å². The molecule has 0 amide bonds. The number of sulfonamides is 1. The molecule has 0 unspecified atom stereocenters. The van der Waals surface area contributed by atoms with Crippen molar-refractivity contribution >= 4 is 15.7 Å². The van der Waals surface area contributed by atoms with E-state index in [-0.39, 0.29) is 10.6 Å². The second-order valence-electron chi connectivity index (χ2n) is 6.85. The number of nitrogens with zero attached hydrogens (tertiary/aromatic N) is 3. The standard InChI is InChI=1S/C19H23N3O4S/c1-15-6-7-17(12-16(15)2)14-20-8-10-21(11-9-20)27(25,26)19-5-3-4-18(13-19)22(23)24/h3-7,12-13H,8-11,14H2,1-2H3. The first kappa shape index (κ1) is 19.5. The SMILES string of the molecule is Cc1ccc(CN2CCN(S(=O)(=O)c3cccc([N+](=O)[O-])c3)CC2)cc1C. The van der Waals surface area contributed by atoms with Crippen molar-refractivity contribution in [1.82, 2.24) is 9.21 Å². The van der Waals surface area contributed by atoms with Crippen LogP contribution < -0.4 is 0 Å². The van der Waals surface area contributed by atoms with Gasteiger partial charge in [0.1, 0.15) is 0 Å². The van der Waals surface area contributed by atoms with Crippen LogP contribution in [0, 0.1) is 24.0 Å². The summed E-state index contributed by atoms with van der Waals surface area (Å²) in [6.45, 7) is 6.94. The third-order valence-corrected chi connectivity index (χ3v) is 6.87. The molecule has 3 rings (SSSR count). The molecular formula is C19H23N3O4S. The van der Waals surface area contributed by atoms with Crippen molar-refractivity contribution in [2.75, 3.05) is 26.2 Å². The topological polar surface area (TPSA) is 83.8 Å². The van der Waals surface area contributed by atoms with Gasteiger partial charge in [-0.3, -0.25) is 15.0 Å². The molecule has 0 saturated carbocycles. The van der Waals surface area contributed by atoms with Crippen molar-refractivity contribution in [3.8, 4) is 0 Å². The van der Waals surface area contributed by atoms with E-state index in [2.05, 4.69) is 36.9 Å². The number of nitro benzene ring substituents is 1. The van der Waals surface area contributed by atoms with Gasteiger partial charge in [0.15, 0.2) is 0 Å². The Bertz CT molecular complexity index is 951. The lowest BCUT2D eigenvalue weighted by atomic mass is 10.1. The molecule has 0 aromatic heterocycles. The first-order valence-electron chi connectivity index (χ1n) is 8.80. The average Bonchev–Trinajstić information content (AvgIpc) is 2.65. The van der Waals surface area contributed by atoms with Gasteiger partial charge in [0.2, 0.25) is 10.0 Å². The zero-order valence-corrected chi connectivity index (χ0v) is 16.3. The largest absolute Gasteiger partial charge is 0.296 e. The van der Waals surface area contributed by atoms with Crippen molar-refractivity contribution in [3.05, 3.63) is 69.3 Å². The summed E-state index contributed by atoms with van der Waals surface area (Å²) in [4.78, 5) is 12.5. The minimum absolute atomic E-state index is 0.0284. The quantitative estimate of drug-likeness (QED) is 0.580. The Balaban J connectivity index is 1.66. The summed E-state index contributed by atoms with van der Waals surface area (Å²) in [5.41, 5.74) is 3.50. The fourth-order valence-corrected chi connectivity index (χ4v) is 4.66. The molecule has 1 heterocycles. The third kappa shape index (κ3) is 4.35. The van der Waals surface area contributed by atoms with Crippen LogP contribution in [0.1, 0.15) is 16.7 Å². The summed E-state index contributed by atoms with van der Waals surface area (Å²) < 4.78 is 27.0. The molecule has 1 saturated heterocycles. The van der Waals surface area contributed by atoms with Gasteiger partial charge in [-0.1, -0.05) is 24.3 Å². The zero-order chi connectivity index (χ0) is 19.6. The molecule has 0 N–H and O–H groups in total. The maximum Gasteiger partial charge on any atom is 0.270 e. The summed E-state index contributed by atoms with van der Waals surface area (Å²) >= 11 is 0. The monoisotopic (exact) mass is 389 g/mol. The number of non-ortho nitro benzene ring substituents is 1. The van der Waals surface area contributed by atoms with Gasteiger partial charge in [-0.05, 0) is 36.6 Å². The van der Waals surface area contributed by atoms with Crippen molar-refractivity contribution in [1.29, 1.82) is 0 Å². The van der Waals surface area contributed by atoms with Gasteiger partial charge in [-0.2, -0.15) is 4.31 Å². The van der Waals surface area contributed by atoms with Crippen LogP contribution in [0.4, 0.5) is 5.69 Å². The minimum atomic E-state index is -3.72. The Kier molecular flexibility index (Phi) is 5.59. The molecule has 0 aliphatic carbocycles. The van der Waals surface area contributed by atoms with Crippen molar-refractivity contribution in [2.45, 2.75) is 25.3 Å². The smallest absolute Gasteiger partial charge is 0.270 e. The molecule has 0 radical (unpaired) electrons. The van der Waals surface area contributed by atoms with E-state index in [0.29, 0.717) is 26.2 Å². The molecule has 1 aliphatic heterocycles. The first-order valence-corrected chi connectivity index (χ1v) is 10.2. The highest BCUT2D eigenvalue weighted by Gasteiger charge is 2.29. The van der Waals surface area contributed by atoms with Crippen LogP contribution in [0.3, 0.4) is 0 Å². The molecule has 27 heavy (non-hydrogen) atoms. The molecule has 2 aromatic carbocycles. The number of rotatable bonds is 5. The van der Waals surface area contributed by atoms with E-state index in [9.17, 15) is 18.5 Å². The van der Waals surface area contributed by atoms with Gasteiger partial charge in [0.05, 0.1) is 9.82 Å². The van der Waals surface area contributed by atoms with E-state index in [0.717, 1.165) is 12.6 Å². The Morgan fingerprint density at radius 1 is 1.00 bits per heavy atom. The summed E-state index contributed by atoms with van der Waals surface area (Å²) in [6.07, 6.45) is 0. The number of hydrogen-bond acceptors (Lipinski definition) is 5. The van der Waals surface area contributed by atoms with E-state index >= 15 is 0 Å². The van der Waals surface area contributed by atoms with Crippen molar-refractivity contribution in [3.63, 3.8) is 0 Å². The number of benzene rings is 2. The molecule has 1 fully saturated rings. The lowest BCUT2D eigenvalue weighted by Crippen LogP contribution is -2.48. The van der Waals surface area contributed by atoms with E-state index in [4.69, 9.17) is 0 Å². The van der Waals surface area contributed by atoms with Crippen LogP contribution in [0.5, 0.6) is 0 Å². The normalized spacial score (nSPS) is 16.4. The molecule has 144 valence electrons. The molecule has 0 atom stereocenters. The predicted molar refractivity (Wildman–Crippen MR) is 103 cm³/mol. The predicted octanol–water partition coefficient (Wildman–Crippen LogP) is 2.72. The fourth-order valence-electron chi connectivity index (χ4n) is 3.19. The number of piperazine rings is 1. The number of nitro groups is 1. The Morgan fingerprint density at radius 3 is 2.33 bits per heavy atom. The molecule has 8 heteroatoms. The van der Waals surface area contributed by atoms with E-state index in [1.807, 2.05) is 0 Å². The first-order chi connectivity index (χ1) is 12.8. The van der Waals surface area contributed by atoms with Crippen LogP contribution in [-0.2, 0) is 16.6 Å². The van der Waals surface area contributed by atoms with Gasteiger partial charge in [0.25, 0.3) is 5.69 Å². The molecule has 0 spiro atoms. The fraction of sp³-hybridized carbons (Fsp3) is 0.368. The van der Waals surface area contributed by atoms with Crippen LogP contribution in [0.15, 0.2) is 47.4 Å². The number of hydrogen-bond donors (Lipinski definition) is 0. The molecule has 0 bridgehead atoms. The zero-order valence-electron chi connectivity index (χ0n) is 15.5. The van der Waals surface area contributed by atoms with Gasteiger partial charge < -0.3 is 0 Å². The highest BCUT2D eigenvalue weighted by molar-refractivity contribution is 7.89. The summed E-state index contributed by atoms with van der Waals surface area (Å²) in [6, 6.07) is 11.6. The van der Waals surface area contributed by atoms with Gasteiger partial charge >= 0.3 is 0 Å². The average molecular weight is 389 g/mol. The van der Waals surface area contributed by atoms with E-state index in [1.54, 1.807) is 0 Å². The van der Waals surface area contributed by atoms with Crippen LogP contribution in [-0.4, -0.2) is 48.7 Å². The van der Waals surface area contributed by atoms with Crippen LogP contribution >= 0.6 is 0 Å². The Labute approximate surface area is 159 Å². The Morgan fingerprint density at radius 2 is 1.70 bits per heavy atom. The lowest BCUT2D eigenvalue weighted by Gasteiger charge is -2.34. The number of aryl methyl sites for hydroxylation is 2. The molecular weight excluding hydrogens is 366 g/mol.